The molecule has 1 aliphatic carbocycles. The van der Waals surface area contributed by atoms with Crippen molar-refractivity contribution in [3.05, 3.63) is 66.1 Å². The van der Waals surface area contributed by atoms with Crippen molar-refractivity contribution in [2.45, 2.75) is 37.7 Å². The molecule has 178 valence electrons. The van der Waals surface area contributed by atoms with Gasteiger partial charge in [-0.15, -0.1) is 0 Å². The van der Waals surface area contributed by atoms with Crippen molar-refractivity contribution in [1.82, 2.24) is 30.2 Å². The topological polar surface area (TPSA) is 109 Å². The number of fused-ring (bicyclic) bond motifs is 1. The summed E-state index contributed by atoms with van der Waals surface area (Å²) in [7, 11) is 0. The van der Waals surface area contributed by atoms with Gasteiger partial charge < -0.3 is 15.7 Å². The van der Waals surface area contributed by atoms with Gasteiger partial charge in [-0.2, -0.15) is 0 Å². The van der Waals surface area contributed by atoms with Gasteiger partial charge in [0.2, 0.25) is 0 Å². The minimum absolute atomic E-state index is 0.107. The number of aromatic nitrogens is 5. The van der Waals surface area contributed by atoms with Crippen LogP contribution in [0, 0.1) is 11.7 Å². The number of hydrogen-bond acceptors (Lipinski definition) is 8. The number of pyridine rings is 3. The molecule has 4 aromatic heterocycles. The molecule has 5 heterocycles. The number of β-amino-alcohol motifs (C(OH)–C–C–N with tert-alkyl or cyclic N) is 1. The third-order valence-electron chi connectivity index (χ3n) is 6.80. The molecule has 2 fully saturated rings. The zero-order valence-electron chi connectivity index (χ0n) is 19.2. The van der Waals surface area contributed by atoms with E-state index in [1.165, 1.54) is 23.9 Å². The zero-order valence-corrected chi connectivity index (χ0v) is 19.2. The van der Waals surface area contributed by atoms with Gasteiger partial charge in [0.1, 0.15) is 5.82 Å². The molecular formula is C26H26FN7O. The van der Waals surface area contributed by atoms with Crippen molar-refractivity contribution >= 4 is 22.5 Å². The fourth-order valence-corrected chi connectivity index (χ4v) is 4.79. The van der Waals surface area contributed by atoms with Crippen LogP contribution in [0.5, 0.6) is 0 Å². The first kappa shape index (κ1) is 21.9. The summed E-state index contributed by atoms with van der Waals surface area (Å²) in [6.07, 6.45) is 10.4. The van der Waals surface area contributed by atoms with Crippen LogP contribution in [0.25, 0.3) is 22.3 Å². The van der Waals surface area contributed by atoms with Crippen molar-refractivity contribution in [3.8, 4) is 11.4 Å². The van der Waals surface area contributed by atoms with Gasteiger partial charge in [0.15, 0.2) is 17.5 Å². The first-order valence-corrected chi connectivity index (χ1v) is 12.0. The van der Waals surface area contributed by atoms with Crippen LogP contribution in [0.15, 0.2) is 49.1 Å². The van der Waals surface area contributed by atoms with E-state index in [2.05, 4.69) is 25.6 Å². The van der Waals surface area contributed by atoms with Gasteiger partial charge in [-0.3, -0.25) is 4.98 Å². The van der Waals surface area contributed by atoms with Crippen LogP contribution < -0.4 is 10.6 Å². The first-order valence-electron chi connectivity index (χ1n) is 12.0. The number of hydrogen-bond donors (Lipinski definition) is 3. The maximum atomic E-state index is 14.1. The number of anilines is 2. The summed E-state index contributed by atoms with van der Waals surface area (Å²) < 4.78 is 14.1. The highest BCUT2D eigenvalue weighted by atomic mass is 19.1. The van der Waals surface area contributed by atoms with Gasteiger partial charge >= 0.3 is 0 Å². The summed E-state index contributed by atoms with van der Waals surface area (Å²) >= 11 is 0. The van der Waals surface area contributed by atoms with Crippen LogP contribution in [0.4, 0.5) is 16.0 Å². The molecule has 0 aromatic carbocycles. The molecule has 0 spiro atoms. The Hall–Kier alpha value is -3.56. The maximum Gasteiger partial charge on any atom is 0.167 e. The van der Waals surface area contributed by atoms with Crippen molar-refractivity contribution in [1.29, 1.82) is 0 Å². The summed E-state index contributed by atoms with van der Waals surface area (Å²) in [5.41, 5.74) is 3.71. The van der Waals surface area contributed by atoms with Crippen LogP contribution in [0.1, 0.15) is 36.4 Å². The summed E-state index contributed by atoms with van der Waals surface area (Å²) in [5, 5.41) is 17.9. The number of piperidine rings is 1. The Kier molecular flexibility index (Phi) is 5.79. The monoisotopic (exact) mass is 471 g/mol. The summed E-state index contributed by atoms with van der Waals surface area (Å²) in [4.78, 5) is 22.7. The van der Waals surface area contributed by atoms with E-state index in [9.17, 15) is 9.50 Å². The number of aliphatic hydroxyl groups excluding tert-OH is 1. The van der Waals surface area contributed by atoms with Gasteiger partial charge in [0.25, 0.3) is 0 Å². The van der Waals surface area contributed by atoms with Crippen molar-refractivity contribution in [2.24, 2.45) is 5.92 Å². The van der Waals surface area contributed by atoms with Crippen molar-refractivity contribution in [3.63, 3.8) is 0 Å². The van der Waals surface area contributed by atoms with E-state index < -0.39 is 11.9 Å². The number of nitrogens with zero attached hydrogens (tertiary/aromatic N) is 5. The third kappa shape index (κ3) is 4.56. The summed E-state index contributed by atoms with van der Waals surface area (Å²) in [6, 6.07) is 6.51. The smallest absolute Gasteiger partial charge is 0.167 e. The highest BCUT2D eigenvalue weighted by molar-refractivity contribution is 5.86. The summed E-state index contributed by atoms with van der Waals surface area (Å²) in [5.74, 6) is 1.28. The van der Waals surface area contributed by atoms with Gasteiger partial charge in [-0.05, 0) is 73.9 Å². The van der Waals surface area contributed by atoms with E-state index in [1.807, 2.05) is 12.3 Å². The van der Waals surface area contributed by atoms with Gasteiger partial charge in [-0.25, -0.2) is 24.3 Å². The lowest BCUT2D eigenvalue weighted by molar-refractivity contribution is 0.0817. The van der Waals surface area contributed by atoms with Gasteiger partial charge in [0, 0.05) is 36.1 Å². The van der Waals surface area contributed by atoms with E-state index in [0.717, 1.165) is 48.0 Å². The molecule has 3 N–H and O–H groups in total. The molecule has 4 aromatic rings. The Morgan fingerprint density at radius 1 is 1.09 bits per heavy atom. The fraction of sp³-hybridized carbons (Fsp3) is 0.346. The molecule has 0 radical (unpaired) electrons. The molecule has 0 bridgehead atoms. The predicted molar refractivity (Wildman–Crippen MR) is 131 cm³/mol. The van der Waals surface area contributed by atoms with Crippen molar-refractivity contribution < 1.29 is 9.50 Å². The number of halogens is 1. The van der Waals surface area contributed by atoms with Crippen LogP contribution in [-0.4, -0.2) is 49.2 Å². The third-order valence-corrected chi connectivity index (χ3v) is 6.80. The number of rotatable bonds is 6. The molecule has 6 rings (SSSR count). The minimum Gasteiger partial charge on any atom is -0.392 e. The van der Waals surface area contributed by atoms with E-state index in [-0.39, 0.29) is 11.7 Å². The zero-order chi connectivity index (χ0) is 23.8. The molecule has 2 aliphatic rings. The number of nitrogens with one attached hydrogen (secondary N) is 2. The van der Waals surface area contributed by atoms with E-state index in [0.29, 0.717) is 30.5 Å². The molecule has 1 aliphatic heterocycles. The van der Waals surface area contributed by atoms with Gasteiger partial charge in [0.05, 0.1) is 23.5 Å². The lowest BCUT2D eigenvalue weighted by Crippen LogP contribution is -2.41. The highest BCUT2D eigenvalue weighted by Crippen LogP contribution is 2.43. The Bertz CT molecular complexity index is 1380. The lowest BCUT2D eigenvalue weighted by Gasteiger charge is -2.28. The second kappa shape index (κ2) is 9.24. The van der Waals surface area contributed by atoms with E-state index in [4.69, 9.17) is 9.97 Å². The lowest BCUT2D eigenvalue weighted by atomic mass is 9.88. The molecule has 2 atom stereocenters. The van der Waals surface area contributed by atoms with Crippen LogP contribution in [0.2, 0.25) is 0 Å². The molecule has 9 heteroatoms. The Balaban J connectivity index is 1.41. The second-order valence-electron chi connectivity index (χ2n) is 9.30. The molecule has 35 heavy (non-hydrogen) atoms. The van der Waals surface area contributed by atoms with E-state index in [1.54, 1.807) is 18.5 Å². The first-order chi connectivity index (χ1) is 17.2. The molecule has 8 nitrogen and oxygen atoms in total. The van der Waals surface area contributed by atoms with Crippen molar-refractivity contribution in [2.75, 3.05) is 18.4 Å². The molecule has 0 amide bonds. The van der Waals surface area contributed by atoms with Crippen LogP contribution in [0.3, 0.4) is 0 Å². The fourth-order valence-electron chi connectivity index (χ4n) is 4.79. The van der Waals surface area contributed by atoms with Gasteiger partial charge in [-0.1, -0.05) is 0 Å². The average molecular weight is 472 g/mol. The molecule has 1 saturated carbocycles. The average Bonchev–Trinajstić information content (AvgIpc) is 3.72. The quantitative estimate of drug-likeness (QED) is 0.390. The minimum atomic E-state index is -0.455. The van der Waals surface area contributed by atoms with E-state index >= 15 is 0 Å². The summed E-state index contributed by atoms with van der Waals surface area (Å²) in [6.45, 7) is 1.49. The molecular weight excluding hydrogens is 445 g/mol. The SMILES string of the molecule is OC1CNCCC1Cc1nc(-c2ccnc(Nc3ncccc3F)c2)nc2cncc(C3CC3)c12. The Morgan fingerprint density at radius 2 is 2.00 bits per heavy atom. The van der Waals surface area contributed by atoms with Crippen LogP contribution >= 0.6 is 0 Å². The molecule has 2 unspecified atom stereocenters. The normalized spacial score (nSPS) is 20.2. The Morgan fingerprint density at radius 3 is 2.83 bits per heavy atom. The molecule has 1 saturated heterocycles. The Labute approximate surface area is 202 Å². The maximum absolute atomic E-state index is 14.1. The predicted octanol–water partition coefficient (Wildman–Crippen LogP) is 3.75. The number of aliphatic hydroxyl groups is 1. The largest absolute Gasteiger partial charge is 0.392 e. The van der Waals surface area contributed by atoms with Crippen LogP contribution in [-0.2, 0) is 6.42 Å². The standard InChI is InChI=1S/C26H26FN7O/c27-19-2-1-7-31-26(19)34-23-11-17(6-9-30-23)25-32-20(10-16-5-8-28-14-22(16)35)24-18(15-3-4-15)12-29-13-21(24)33-25/h1-2,6-7,9,11-13,15-16,22,28,35H,3-5,8,10,14H2,(H,30,31,34). The highest BCUT2D eigenvalue weighted by Gasteiger charge is 2.30. The second-order valence-corrected chi connectivity index (χ2v) is 9.30.